The van der Waals surface area contributed by atoms with E-state index < -0.39 is 0 Å². The summed E-state index contributed by atoms with van der Waals surface area (Å²) in [6.45, 7) is 1.91. The number of amides is 1. The summed E-state index contributed by atoms with van der Waals surface area (Å²) in [5, 5.41) is 2.92. The van der Waals surface area contributed by atoms with Crippen molar-refractivity contribution >= 4 is 22.6 Å². The van der Waals surface area contributed by atoms with E-state index >= 15 is 0 Å². The number of ether oxygens (including phenoxy) is 2. The molecule has 0 aliphatic heterocycles. The first-order chi connectivity index (χ1) is 12.1. The van der Waals surface area contributed by atoms with Crippen molar-refractivity contribution < 1.29 is 14.3 Å². The Bertz CT molecular complexity index is 869. The van der Waals surface area contributed by atoms with Crippen LogP contribution in [0.3, 0.4) is 0 Å². The Hall–Kier alpha value is -3.02. The summed E-state index contributed by atoms with van der Waals surface area (Å²) in [6.07, 6.45) is 0.889. The van der Waals surface area contributed by atoms with Gasteiger partial charge in [-0.3, -0.25) is 4.79 Å². The number of aromatic nitrogens is 2. The van der Waals surface area contributed by atoms with Crippen LogP contribution in [-0.2, 0) is 11.2 Å². The van der Waals surface area contributed by atoms with Gasteiger partial charge in [0.05, 0.1) is 25.3 Å². The Balaban J connectivity index is 1.66. The lowest BCUT2D eigenvalue weighted by Crippen LogP contribution is -2.13. The first-order valence-electron chi connectivity index (χ1n) is 8.07. The van der Waals surface area contributed by atoms with Crippen LogP contribution in [0.25, 0.3) is 11.0 Å². The summed E-state index contributed by atoms with van der Waals surface area (Å²) in [7, 11) is 3.16. The molecule has 0 fully saturated rings. The van der Waals surface area contributed by atoms with E-state index in [9.17, 15) is 4.79 Å². The van der Waals surface area contributed by atoms with Gasteiger partial charge in [-0.25, -0.2) is 4.98 Å². The van der Waals surface area contributed by atoms with Crippen molar-refractivity contribution in [3.05, 3.63) is 47.8 Å². The predicted molar refractivity (Wildman–Crippen MR) is 97.3 cm³/mol. The number of fused-ring (bicyclic) bond motifs is 1. The number of H-pyrrole nitrogens is 1. The Kier molecular flexibility index (Phi) is 4.88. The smallest absolute Gasteiger partial charge is 0.224 e. The average Bonchev–Trinajstić information content (AvgIpc) is 3.04. The first kappa shape index (κ1) is 16.8. The standard InChI is InChI=1S/C19H21N3O3/c1-12-10-16(24-2)17(25-3)11-15(12)22-19(23)9-8-18-20-13-6-4-5-7-14(13)21-18/h4-7,10-11H,8-9H2,1-3H3,(H,20,21)(H,22,23). The van der Waals surface area contributed by atoms with Crippen LogP contribution in [0.1, 0.15) is 17.8 Å². The van der Waals surface area contributed by atoms with E-state index in [4.69, 9.17) is 9.47 Å². The van der Waals surface area contributed by atoms with Crippen molar-refractivity contribution in [2.24, 2.45) is 0 Å². The molecule has 0 saturated heterocycles. The van der Waals surface area contributed by atoms with Gasteiger partial charge in [0.15, 0.2) is 11.5 Å². The molecule has 1 aromatic heterocycles. The number of imidazole rings is 1. The van der Waals surface area contributed by atoms with Gasteiger partial charge < -0.3 is 19.8 Å². The molecule has 2 aromatic carbocycles. The largest absolute Gasteiger partial charge is 0.493 e. The molecule has 6 nitrogen and oxygen atoms in total. The topological polar surface area (TPSA) is 76.2 Å². The van der Waals surface area contributed by atoms with E-state index in [1.165, 1.54) is 0 Å². The van der Waals surface area contributed by atoms with Gasteiger partial charge in [0, 0.05) is 24.6 Å². The number of methoxy groups -OCH3 is 2. The second-order valence-corrected chi connectivity index (χ2v) is 5.77. The van der Waals surface area contributed by atoms with Crippen LogP contribution in [0.2, 0.25) is 0 Å². The van der Waals surface area contributed by atoms with Crippen LogP contribution >= 0.6 is 0 Å². The van der Waals surface area contributed by atoms with Crippen molar-refractivity contribution in [3.8, 4) is 11.5 Å². The van der Waals surface area contributed by atoms with E-state index in [1.54, 1.807) is 20.3 Å². The van der Waals surface area contributed by atoms with Crippen LogP contribution in [0.4, 0.5) is 5.69 Å². The molecule has 3 aromatic rings. The Morgan fingerprint density at radius 3 is 2.60 bits per heavy atom. The van der Waals surface area contributed by atoms with Crippen LogP contribution in [0.5, 0.6) is 11.5 Å². The van der Waals surface area contributed by atoms with Gasteiger partial charge in [-0.2, -0.15) is 0 Å². The fourth-order valence-electron chi connectivity index (χ4n) is 2.68. The Morgan fingerprint density at radius 1 is 1.16 bits per heavy atom. The van der Waals surface area contributed by atoms with Crippen LogP contribution in [0.15, 0.2) is 36.4 Å². The molecular weight excluding hydrogens is 318 g/mol. The lowest BCUT2D eigenvalue weighted by atomic mass is 10.1. The average molecular weight is 339 g/mol. The highest BCUT2D eigenvalue weighted by Gasteiger charge is 2.12. The highest BCUT2D eigenvalue weighted by Crippen LogP contribution is 2.32. The number of hydrogen-bond acceptors (Lipinski definition) is 4. The number of nitrogens with zero attached hydrogens (tertiary/aromatic N) is 1. The molecule has 2 N–H and O–H groups in total. The number of benzene rings is 2. The number of aryl methyl sites for hydroxylation is 2. The maximum Gasteiger partial charge on any atom is 0.224 e. The normalized spacial score (nSPS) is 10.7. The molecule has 1 heterocycles. The molecule has 25 heavy (non-hydrogen) atoms. The van der Waals surface area contributed by atoms with Crippen LogP contribution in [-0.4, -0.2) is 30.1 Å². The minimum atomic E-state index is -0.0734. The maximum absolute atomic E-state index is 12.3. The third kappa shape index (κ3) is 3.74. The molecule has 1 amide bonds. The Labute approximate surface area is 146 Å². The molecule has 6 heteroatoms. The quantitative estimate of drug-likeness (QED) is 0.721. The van der Waals surface area contributed by atoms with Crippen molar-refractivity contribution in [3.63, 3.8) is 0 Å². The van der Waals surface area contributed by atoms with Gasteiger partial charge in [-0.05, 0) is 30.7 Å². The summed E-state index contributed by atoms with van der Waals surface area (Å²) in [6, 6.07) is 11.4. The third-order valence-electron chi connectivity index (χ3n) is 4.03. The minimum absolute atomic E-state index is 0.0734. The van der Waals surface area contributed by atoms with E-state index in [1.807, 2.05) is 37.3 Å². The molecule has 0 aliphatic rings. The zero-order chi connectivity index (χ0) is 17.8. The van der Waals surface area contributed by atoms with Crippen LogP contribution in [0, 0.1) is 6.92 Å². The van der Waals surface area contributed by atoms with E-state index in [0.29, 0.717) is 30.0 Å². The number of carbonyl (C=O) groups is 1. The fourth-order valence-corrected chi connectivity index (χ4v) is 2.68. The molecule has 0 saturated carbocycles. The molecular formula is C19H21N3O3. The zero-order valence-corrected chi connectivity index (χ0v) is 14.6. The summed E-state index contributed by atoms with van der Waals surface area (Å²) >= 11 is 0. The van der Waals surface area contributed by atoms with E-state index in [2.05, 4.69) is 15.3 Å². The highest BCUT2D eigenvalue weighted by molar-refractivity contribution is 5.92. The van der Waals surface area contributed by atoms with Gasteiger partial charge in [0.1, 0.15) is 5.82 Å². The number of nitrogens with one attached hydrogen (secondary N) is 2. The number of para-hydroxylation sites is 2. The summed E-state index contributed by atoms with van der Waals surface area (Å²) in [5.74, 6) is 1.96. The lowest BCUT2D eigenvalue weighted by molar-refractivity contribution is -0.116. The fraction of sp³-hybridized carbons (Fsp3) is 0.263. The second-order valence-electron chi connectivity index (χ2n) is 5.77. The zero-order valence-electron chi connectivity index (χ0n) is 14.6. The Morgan fingerprint density at radius 2 is 1.88 bits per heavy atom. The summed E-state index contributed by atoms with van der Waals surface area (Å²) in [5.41, 5.74) is 3.52. The highest BCUT2D eigenvalue weighted by atomic mass is 16.5. The van der Waals surface area contributed by atoms with Gasteiger partial charge in [-0.1, -0.05) is 12.1 Å². The van der Waals surface area contributed by atoms with Gasteiger partial charge in [0.2, 0.25) is 5.91 Å². The number of hydrogen-bond donors (Lipinski definition) is 2. The number of carbonyl (C=O) groups excluding carboxylic acids is 1. The van der Waals surface area contributed by atoms with Gasteiger partial charge in [-0.15, -0.1) is 0 Å². The minimum Gasteiger partial charge on any atom is -0.493 e. The number of aromatic amines is 1. The van der Waals surface area contributed by atoms with Gasteiger partial charge >= 0.3 is 0 Å². The molecule has 130 valence electrons. The molecule has 0 radical (unpaired) electrons. The molecule has 0 spiro atoms. The lowest BCUT2D eigenvalue weighted by Gasteiger charge is -2.13. The molecule has 3 rings (SSSR count). The molecule has 0 aliphatic carbocycles. The number of anilines is 1. The van der Waals surface area contributed by atoms with Crippen molar-refractivity contribution in [2.75, 3.05) is 19.5 Å². The van der Waals surface area contributed by atoms with E-state index in [0.717, 1.165) is 22.4 Å². The molecule has 0 atom stereocenters. The second kappa shape index (κ2) is 7.25. The summed E-state index contributed by atoms with van der Waals surface area (Å²) in [4.78, 5) is 20.0. The summed E-state index contributed by atoms with van der Waals surface area (Å²) < 4.78 is 10.5. The molecule has 0 unspecified atom stereocenters. The third-order valence-corrected chi connectivity index (χ3v) is 4.03. The van der Waals surface area contributed by atoms with Crippen molar-refractivity contribution in [1.82, 2.24) is 9.97 Å². The van der Waals surface area contributed by atoms with Gasteiger partial charge in [0.25, 0.3) is 0 Å². The van der Waals surface area contributed by atoms with Crippen molar-refractivity contribution in [1.29, 1.82) is 0 Å². The molecule has 0 bridgehead atoms. The van der Waals surface area contributed by atoms with Crippen LogP contribution < -0.4 is 14.8 Å². The first-order valence-corrected chi connectivity index (χ1v) is 8.07. The maximum atomic E-state index is 12.3. The monoisotopic (exact) mass is 339 g/mol. The number of rotatable bonds is 6. The van der Waals surface area contributed by atoms with E-state index in [-0.39, 0.29) is 5.91 Å². The predicted octanol–water partition coefficient (Wildman–Crippen LogP) is 3.46. The van der Waals surface area contributed by atoms with Crippen molar-refractivity contribution in [2.45, 2.75) is 19.8 Å². The SMILES string of the molecule is COc1cc(C)c(NC(=O)CCc2nc3ccccc3[nH]2)cc1OC.